The zero-order valence-corrected chi connectivity index (χ0v) is 12.3. The highest BCUT2D eigenvalue weighted by Gasteiger charge is 2.16. The van der Waals surface area contributed by atoms with Crippen LogP contribution < -0.4 is 5.73 Å². The number of hydrogen-bond donors (Lipinski definition) is 1. The minimum absolute atomic E-state index is 0.117. The van der Waals surface area contributed by atoms with Gasteiger partial charge in [-0.15, -0.1) is 0 Å². The van der Waals surface area contributed by atoms with Crippen LogP contribution >= 0.6 is 15.9 Å². The third kappa shape index (κ3) is 3.82. The summed E-state index contributed by atoms with van der Waals surface area (Å²) in [5.41, 5.74) is 6.67. The van der Waals surface area contributed by atoms with Gasteiger partial charge in [0.25, 0.3) is 5.89 Å². The monoisotopic (exact) mass is 326 g/mol. The maximum absolute atomic E-state index is 5.93. The van der Waals surface area contributed by atoms with E-state index >= 15 is 0 Å². The van der Waals surface area contributed by atoms with Crippen molar-refractivity contribution in [3.05, 3.63) is 28.8 Å². The first-order chi connectivity index (χ1) is 9.06. The van der Waals surface area contributed by atoms with Crippen molar-refractivity contribution in [3.63, 3.8) is 0 Å². The maximum Gasteiger partial charge on any atom is 0.259 e. The van der Waals surface area contributed by atoms with E-state index in [-0.39, 0.29) is 6.10 Å². The highest BCUT2D eigenvalue weighted by molar-refractivity contribution is 9.10. The standard InChI is InChI=1S/C12H15BrN4O2/c1-7(2)18-6-10(14)11-16-12(19-17-11)8-3-9(13)5-15-4-8/h3-5,7,10H,6,14H2,1-2H3. The summed E-state index contributed by atoms with van der Waals surface area (Å²) in [5, 5.41) is 3.87. The summed E-state index contributed by atoms with van der Waals surface area (Å²) in [7, 11) is 0. The average molecular weight is 327 g/mol. The fourth-order valence-corrected chi connectivity index (χ4v) is 1.77. The predicted molar refractivity (Wildman–Crippen MR) is 73.2 cm³/mol. The number of pyridine rings is 1. The molecule has 0 aliphatic rings. The molecule has 0 bridgehead atoms. The first-order valence-electron chi connectivity index (χ1n) is 5.88. The van der Waals surface area contributed by atoms with E-state index in [1.165, 1.54) is 0 Å². The molecule has 7 heteroatoms. The zero-order chi connectivity index (χ0) is 13.8. The minimum atomic E-state index is -0.403. The Morgan fingerprint density at radius 1 is 1.42 bits per heavy atom. The summed E-state index contributed by atoms with van der Waals surface area (Å²) in [4.78, 5) is 8.30. The second-order valence-electron chi connectivity index (χ2n) is 4.34. The first kappa shape index (κ1) is 14.1. The van der Waals surface area contributed by atoms with Crippen LogP contribution in [0.3, 0.4) is 0 Å². The van der Waals surface area contributed by atoms with Crippen LogP contribution in [-0.4, -0.2) is 27.8 Å². The molecule has 19 heavy (non-hydrogen) atoms. The Bertz CT molecular complexity index is 544. The van der Waals surface area contributed by atoms with Crippen molar-refractivity contribution in [2.75, 3.05) is 6.61 Å². The molecule has 2 rings (SSSR count). The number of nitrogens with zero attached hydrogens (tertiary/aromatic N) is 3. The second-order valence-corrected chi connectivity index (χ2v) is 5.25. The van der Waals surface area contributed by atoms with Crippen LogP contribution in [-0.2, 0) is 4.74 Å². The summed E-state index contributed by atoms with van der Waals surface area (Å²) >= 11 is 3.34. The van der Waals surface area contributed by atoms with Gasteiger partial charge < -0.3 is 15.0 Å². The van der Waals surface area contributed by atoms with Gasteiger partial charge in [0.2, 0.25) is 0 Å². The lowest BCUT2D eigenvalue weighted by Crippen LogP contribution is -2.20. The van der Waals surface area contributed by atoms with Gasteiger partial charge in [-0.25, -0.2) is 0 Å². The van der Waals surface area contributed by atoms with E-state index < -0.39 is 6.04 Å². The van der Waals surface area contributed by atoms with Crippen molar-refractivity contribution in [3.8, 4) is 11.5 Å². The fourth-order valence-electron chi connectivity index (χ4n) is 1.40. The quantitative estimate of drug-likeness (QED) is 0.907. The topological polar surface area (TPSA) is 87.1 Å². The van der Waals surface area contributed by atoms with Gasteiger partial charge in [-0.3, -0.25) is 4.98 Å². The third-order valence-electron chi connectivity index (χ3n) is 2.33. The Kier molecular flexibility index (Phi) is 4.62. The molecule has 0 saturated heterocycles. The van der Waals surface area contributed by atoms with Crippen molar-refractivity contribution in [1.82, 2.24) is 15.1 Å². The van der Waals surface area contributed by atoms with E-state index in [2.05, 4.69) is 31.1 Å². The molecule has 0 aromatic carbocycles. The number of rotatable bonds is 5. The van der Waals surface area contributed by atoms with E-state index in [0.717, 1.165) is 10.0 Å². The second kappa shape index (κ2) is 6.23. The predicted octanol–water partition coefficient (Wildman–Crippen LogP) is 2.32. The summed E-state index contributed by atoms with van der Waals surface area (Å²) < 4.78 is 11.4. The highest BCUT2D eigenvalue weighted by Crippen LogP contribution is 2.21. The molecule has 0 spiro atoms. The molecule has 0 aliphatic heterocycles. The summed E-state index contributed by atoms with van der Waals surface area (Å²) in [6, 6.07) is 1.44. The lowest BCUT2D eigenvalue weighted by Gasteiger charge is -2.10. The zero-order valence-electron chi connectivity index (χ0n) is 10.7. The van der Waals surface area contributed by atoms with Crippen LogP contribution in [0.25, 0.3) is 11.5 Å². The van der Waals surface area contributed by atoms with Crippen LogP contribution in [0.4, 0.5) is 0 Å². The maximum atomic E-state index is 5.93. The molecular formula is C12H15BrN4O2. The van der Waals surface area contributed by atoms with E-state index in [1.807, 2.05) is 19.9 Å². The largest absolute Gasteiger partial charge is 0.377 e. The number of ether oxygens (including phenoxy) is 1. The molecule has 0 radical (unpaired) electrons. The molecule has 0 amide bonds. The Morgan fingerprint density at radius 2 is 2.21 bits per heavy atom. The Balaban J connectivity index is 2.10. The third-order valence-corrected chi connectivity index (χ3v) is 2.77. The molecule has 2 aromatic heterocycles. The van der Waals surface area contributed by atoms with E-state index in [0.29, 0.717) is 18.3 Å². The van der Waals surface area contributed by atoms with Crippen molar-refractivity contribution in [1.29, 1.82) is 0 Å². The summed E-state index contributed by atoms with van der Waals surface area (Å²) in [6.07, 6.45) is 3.45. The lowest BCUT2D eigenvalue weighted by atomic mass is 10.3. The molecule has 0 saturated carbocycles. The lowest BCUT2D eigenvalue weighted by molar-refractivity contribution is 0.0665. The average Bonchev–Trinajstić information content (AvgIpc) is 2.85. The van der Waals surface area contributed by atoms with Gasteiger partial charge in [0, 0.05) is 16.9 Å². The molecule has 2 heterocycles. The van der Waals surface area contributed by atoms with Crippen LogP contribution in [0.15, 0.2) is 27.5 Å². The Hall–Kier alpha value is -1.31. The number of aromatic nitrogens is 3. The molecule has 0 aliphatic carbocycles. The van der Waals surface area contributed by atoms with Gasteiger partial charge in [-0.1, -0.05) is 5.16 Å². The Morgan fingerprint density at radius 3 is 2.89 bits per heavy atom. The van der Waals surface area contributed by atoms with Gasteiger partial charge in [0.05, 0.1) is 24.3 Å². The molecule has 0 fully saturated rings. The van der Waals surface area contributed by atoms with Crippen molar-refractivity contribution in [2.24, 2.45) is 5.73 Å². The van der Waals surface area contributed by atoms with Gasteiger partial charge in [0.1, 0.15) is 0 Å². The van der Waals surface area contributed by atoms with Crippen LogP contribution in [0.1, 0.15) is 25.7 Å². The van der Waals surface area contributed by atoms with Gasteiger partial charge in [-0.2, -0.15) is 4.98 Å². The van der Waals surface area contributed by atoms with Crippen molar-refractivity contribution in [2.45, 2.75) is 26.0 Å². The fraction of sp³-hybridized carbons (Fsp3) is 0.417. The molecule has 1 unspecified atom stereocenters. The number of hydrogen-bond acceptors (Lipinski definition) is 6. The first-order valence-corrected chi connectivity index (χ1v) is 6.67. The normalized spacial score (nSPS) is 12.9. The molecule has 2 N–H and O–H groups in total. The molecule has 2 aromatic rings. The molecule has 1 atom stereocenters. The van der Waals surface area contributed by atoms with Crippen LogP contribution in [0.5, 0.6) is 0 Å². The molecule has 6 nitrogen and oxygen atoms in total. The van der Waals surface area contributed by atoms with Crippen molar-refractivity contribution >= 4 is 15.9 Å². The highest BCUT2D eigenvalue weighted by atomic mass is 79.9. The molecular weight excluding hydrogens is 312 g/mol. The van der Waals surface area contributed by atoms with E-state index in [1.54, 1.807) is 12.4 Å². The van der Waals surface area contributed by atoms with E-state index in [9.17, 15) is 0 Å². The van der Waals surface area contributed by atoms with Gasteiger partial charge >= 0.3 is 0 Å². The number of halogens is 1. The summed E-state index contributed by atoms with van der Waals surface area (Å²) in [5.74, 6) is 0.819. The van der Waals surface area contributed by atoms with Crippen LogP contribution in [0, 0.1) is 0 Å². The number of nitrogens with two attached hydrogens (primary N) is 1. The van der Waals surface area contributed by atoms with Gasteiger partial charge in [0.15, 0.2) is 5.82 Å². The van der Waals surface area contributed by atoms with E-state index in [4.69, 9.17) is 15.0 Å². The van der Waals surface area contributed by atoms with Crippen molar-refractivity contribution < 1.29 is 9.26 Å². The van der Waals surface area contributed by atoms with Gasteiger partial charge in [-0.05, 0) is 35.8 Å². The minimum Gasteiger partial charge on any atom is -0.377 e. The Labute approximate surface area is 119 Å². The molecule has 102 valence electrons. The SMILES string of the molecule is CC(C)OCC(N)c1noc(-c2cncc(Br)c2)n1. The smallest absolute Gasteiger partial charge is 0.259 e. The summed E-state index contributed by atoms with van der Waals surface area (Å²) in [6.45, 7) is 4.25. The van der Waals surface area contributed by atoms with Crippen LogP contribution in [0.2, 0.25) is 0 Å².